The van der Waals surface area contributed by atoms with Crippen molar-refractivity contribution in [2.24, 2.45) is 5.10 Å². The van der Waals surface area contributed by atoms with Crippen LogP contribution in [0.3, 0.4) is 0 Å². The van der Waals surface area contributed by atoms with E-state index in [1.54, 1.807) is 11.3 Å². The molecule has 0 amide bonds. The van der Waals surface area contributed by atoms with Crippen LogP contribution in [-0.4, -0.2) is 11.2 Å². The normalized spacial score (nSPS) is 10.9. The second-order valence-electron chi connectivity index (χ2n) is 4.63. The Labute approximate surface area is 128 Å². The van der Waals surface area contributed by atoms with Crippen molar-refractivity contribution < 1.29 is 0 Å². The number of hydrazone groups is 1. The van der Waals surface area contributed by atoms with Gasteiger partial charge in [-0.15, -0.1) is 11.3 Å². The Bertz CT molecular complexity index is 747. The fourth-order valence-electron chi connectivity index (χ4n) is 1.96. The maximum absolute atomic E-state index is 4.53. The lowest BCUT2D eigenvalue weighted by atomic mass is 10.1. The van der Waals surface area contributed by atoms with Crippen molar-refractivity contribution in [3.8, 4) is 11.3 Å². The van der Waals surface area contributed by atoms with Crippen molar-refractivity contribution >= 4 is 22.7 Å². The Morgan fingerprint density at radius 3 is 2.62 bits per heavy atom. The molecule has 0 aliphatic heterocycles. The number of hydrogen-bond donors (Lipinski definition) is 1. The van der Waals surface area contributed by atoms with Gasteiger partial charge in [-0.2, -0.15) is 5.10 Å². The lowest BCUT2D eigenvalue weighted by Gasteiger charge is -1.98. The van der Waals surface area contributed by atoms with E-state index in [0.29, 0.717) is 0 Å². The van der Waals surface area contributed by atoms with E-state index in [4.69, 9.17) is 0 Å². The van der Waals surface area contributed by atoms with Crippen LogP contribution >= 0.6 is 11.3 Å². The van der Waals surface area contributed by atoms with Crippen molar-refractivity contribution in [3.05, 3.63) is 71.1 Å². The zero-order valence-corrected chi connectivity index (χ0v) is 12.5. The quantitative estimate of drug-likeness (QED) is 0.565. The minimum atomic E-state index is 0.790. The second-order valence-corrected chi connectivity index (χ2v) is 5.49. The fourth-order valence-corrected chi connectivity index (χ4v) is 2.62. The number of aryl methyl sites for hydroxylation is 1. The first-order valence-electron chi connectivity index (χ1n) is 6.68. The second kappa shape index (κ2) is 6.33. The largest absolute Gasteiger partial charge is 0.253 e. The molecular weight excluding hydrogens is 278 g/mol. The zero-order chi connectivity index (χ0) is 14.5. The molecule has 0 aliphatic rings. The van der Waals surface area contributed by atoms with E-state index in [0.717, 1.165) is 22.0 Å². The molecule has 0 unspecified atom stereocenters. The van der Waals surface area contributed by atoms with Crippen LogP contribution in [0, 0.1) is 6.92 Å². The van der Waals surface area contributed by atoms with Crippen molar-refractivity contribution in [2.75, 3.05) is 5.43 Å². The van der Waals surface area contributed by atoms with E-state index in [2.05, 4.69) is 40.6 Å². The van der Waals surface area contributed by atoms with E-state index in [9.17, 15) is 0 Å². The van der Waals surface area contributed by atoms with Crippen LogP contribution in [0.15, 0.2) is 65.1 Å². The highest BCUT2D eigenvalue weighted by atomic mass is 32.1. The van der Waals surface area contributed by atoms with Gasteiger partial charge >= 0.3 is 0 Å². The topological polar surface area (TPSA) is 37.3 Å². The van der Waals surface area contributed by atoms with Crippen LogP contribution < -0.4 is 5.43 Å². The molecule has 21 heavy (non-hydrogen) atoms. The van der Waals surface area contributed by atoms with Crippen molar-refractivity contribution in [1.82, 2.24) is 4.98 Å². The molecule has 104 valence electrons. The summed E-state index contributed by atoms with van der Waals surface area (Å²) in [7, 11) is 0. The molecule has 3 rings (SSSR count). The summed E-state index contributed by atoms with van der Waals surface area (Å²) in [5, 5.41) is 7.07. The molecule has 1 heterocycles. The summed E-state index contributed by atoms with van der Waals surface area (Å²) in [6, 6.07) is 18.3. The summed E-state index contributed by atoms with van der Waals surface area (Å²) in [4.78, 5) is 4.53. The summed E-state index contributed by atoms with van der Waals surface area (Å²) < 4.78 is 0. The van der Waals surface area contributed by atoms with Gasteiger partial charge in [0.05, 0.1) is 11.9 Å². The average Bonchev–Trinajstić information content (AvgIpc) is 2.99. The Balaban J connectivity index is 1.70. The lowest BCUT2D eigenvalue weighted by Crippen LogP contribution is -1.92. The molecule has 0 atom stereocenters. The zero-order valence-electron chi connectivity index (χ0n) is 11.7. The smallest absolute Gasteiger partial charge is 0.203 e. The summed E-state index contributed by atoms with van der Waals surface area (Å²) in [5.41, 5.74) is 7.37. The maximum Gasteiger partial charge on any atom is 0.203 e. The third-order valence-corrected chi connectivity index (χ3v) is 3.87. The molecule has 1 aromatic heterocycles. The number of nitrogens with zero attached hydrogens (tertiary/aromatic N) is 2. The van der Waals surface area contributed by atoms with Crippen molar-refractivity contribution in [3.63, 3.8) is 0 Å². The number of hydrogen-bond acceptors (Lipinski definition) is 4. The Morgan fingerprint density at radius 2 is 1.81 bits per heavy atom. The first kappa shape index (κ1) is 13.5. The van der Waals surface area contributed by atoms with Crippen molar-refractivity contribution in [1.29, 1.82) is 0 Å². The number of nitrogens with one attached hydrogen (secondary N) is 1. The maximum atomic E-state index is 4.53. The molecule has 0 fully saturated rings. The number of thiazole rings is 1. The monoisotopic (exact) mass is 293 g/mol. The predicted octanol–water partition coefficient (Wildman–Crippen LogP) is 4.56. The molecule has 1 N–H and O–H groups in total. The SMILES string of the molecule is Cc1ccccc1C=NNc1nc(-c2ccccc2)cs1. The molecule has 0 radical (unpaired) electrons. The molecular formula is C17H15N3S. The van der Waals surface area contributed by atoms with Gasteiger partial charge in [-0.25, -0.2) is 4.98 Å². The molecule has 3 nitrogen and oxygen atoms in total. The number of benzene rings is 2. The molecule has 0 aliphatic carbocycles. The lowest BCUT2D eigenvalue weighted by molar-refractivity contribution is 1.28. The standard InChI is InChI=1S/C17H15N3S/c1-13-7-5-6-10-15(13)11-18-20-17-19-16(12-21-17)14-8-3-2-4-9-14/h2-12H,1H3,(H,19,20). The van der Waals surface area contributed by atoms with E-state index < -0.39 is 0 Å². The summed E-state index contributed by atoms with van der Waals surface area (Å²) in [6.07, 6.45) is 1.82. The average molecular weight is 293 g/mol. The molecule has 2 aromatic carbocycles. The highest BCUT2D eigenvalue weighted by Crippen LogP contribution is 2.24. The van der Waals surface area contributed by atoms with E-state index in [1.165, 1.54) is 5.56 Å². The molecule has 3 aromatic rings. The van der Waals surface area contributed by atoms with Gasteiger partial charge in [0.1, 0.15) is 0 Å². The fraction of sp³-hybridized carbons (Fsp3) is 0.0588. The Kier molecular flexibility index (Phi) is 4.07. The molecule has 4 heteroatoms. The van der Waals surface area contributed by atoms with Gasteiger partial charge < -0.3 is 0 Å². The van der Waals surface area contributed by atoms with Crippen LogP contribution in [0.2, 0.25) is 0 Å². The molecule has 0 saturated carbocycles. The Morgan fingerprint density at radius 1 is 1.05 bits per heavy atom. The van der Waals surface area contributed by atoms with E-state index in [-0.39, 0.29) is 0 Å². The van der Waals surface area contributed by atoms with E-state index in [1.807, 2.05) is 48.0 Å². The van der Waals surface area contributed by atoms with Gasteiger partial charge in [0.25, 0.3) is 0 Å². The van der Waals surface area contributed by atoms with Crippen LogP contribution in [0.5, 0.6) is 0 Å². The van der Waals surface area contributed by atoms with Gasteiger partial charge in [0.15, 0.2) is 0 Å². The van der Waals surface area contributed by atoms with Crippen LogP contribution in [0.25, 0.3) is 11.3 Å². The van der Waals surface area contributed by atoms with Crippen LogP contribution in [0.4, 0.5) is 5.13 Å². The summed E-state index contributed by atoms with van der Waals surface area (Å²) in [6.45, 7) is 2.07. The number of aromatic nitrogens is 1. The molecule has 0 saturated heterocycles. The number of rotatable bonds is 4. The third-order valence-electron chi connectivity index (χ3n) is 3.13. The minimum absolute atomic E-state index is 0.790. The minimum Gasteiger partial charge on any atom is -0.253 e. The third kappa shape index (κ3) is 3.35. The summed E-state index contributed by atoms with van der Waals surface area (Å²) >= 11 is 1.55. The van der Waals surface area contributed by atoms with Crippen molar-refractivity contribution in [2.45, 2.75) is 6.92 Å². The van der Waals surface area contributed by atoms with Gasteiger partial charge in [-0.1, -0.05) is 54.6 Å². The molecule has 0 bridgehead atoms. The van der Waals surface area contributed by atoms with Gasteiger partial charge in [-0.3, -0.25) is 5.43 Å². The number of anilines is 1. The highest BCUT2D eigenvalue weighted by molar-refractivity contribution is 7.14. The van der Waals surface area contributed by atoms with Crippen LogP contribution in [0.1, 0.15) is 11.1 Å². The Hall–Kier alpha value is -2.46. The van der Waals surface area contributed by atoms with Gasteiger partial charge in [0, 0.05) is 10.9 Å². The first-order valence-corrected chi connectivity index (χ1v) is 7.56. The van der Waals surface area contributed by atoms with Gasteiger partial charge in [-0.05, 0) is 18.1 Å². The molecule has 0 spiro atoms. The highest BCUT2D eigenvalue weighted by Gasteiger charge is 2.02. The van der Waals surface area contributed by atoms with Gasteiger partial charge in [0.2, 0.25) is 5.13 Å². The first-order chi connectivity index (χ1) is 10.3. The van der Waals surface area contributed by atoms with Crippen LogP contribution in [-0.2, 0) is 0 Å². The summed E-state index contributed by atoms with van der Waals surface area (Å²) in [5.74, 6) is 0. The van der Waals surface area contributed by atoms with E-state index >= 15 is 0 Å². The predicted molar refractivity (Wildman–Crippen MR) is 89.9 cm³/mol.